The van der Waals surface area contributed by atoms with Gasteiger partial charge in [-0.3, -0.25) is 4.79 Å². The minimum Gasteiger partial charge on any atom is -0.337 e. The van der Waals surface area contributed by atoms with Crippen LogP contribution in [-0.4, -0.2) is 48.8 Å². The van der Waals surface area contributed by atoms with Crippen molar-refractivity contribution in [2.75, 3.05) is 19.6 Å². The molecule has 8 heteroatoms. The van der Waals surface area contributed by atoms with Gasteiger partial charge in [0.2, 0.25) is 0 Å². The van der Waals surface area contributed by atoms with Crippen LogP contribution in [0, 0.1) is 5.92 Å². The average Bonchev–Trinajstić information content (AvgIpc) is 2.74. The van der Waals surface area contributed by atoms with E-state index < -0.39 is 18.3 Å². The molecule has 2 aliphatic heterocycles. The fraction of sp³-hybridized carbons (Fsp3) is 0.900. The minimum absolute atomic E-state index is 0. The summed E-state index contributed by atoms with van der Waals surface area (Å²) in [7, 11) is 0. The van der Waals surface area contributed by atoms with E-state index in [-0.39, 0.29) is 37.5 Å². The average molecular weight is 291 g/mol. The second kappa shape index (κ2) is 5.61. The Labute approximate surface area is 108 Å². The zero-order valence-corrected chi connectivity index (χ0v) is 10.4. The van der Waals surface area contributed by atoms with Crippen molar-refractivity contribution < 1.29 is 22.4 Å². The first-order valence-electron chi connectivity index (χ1n) is 5.61. The standard InChI is InChI=1S/C10H14F4N2O.ClH/c11-8(12)10(13,14)9(17)16-4-2-7-6(5-16)1-3-15-7;/h6-8,15H,1-5H2;1H. The minimum atomic E-state index is -4.56. The molecule has 18 heavy (non-hydrogen) atoms. The van der Waals surface area contributed by atoms with Crippen molar-refractivity contribution in [2.24, 2.45) is 5.92 Å². The highest BCUT2D eigenvalue weighted by Gasteiger charge is 2.52. The van der Waals surface area contributed by atoms with Gasteiger partial charge in [-0.1, -0.05) is 0 Å². The summed E-state index contributed by atoms with van der Waals surface area (Å²) < 4.78 is 50.0. The molecule has 1 amide bonds. The van der Waals surface area contributed by atoms with Gasteiger partial charge in [0.25, 0.3) is 5.91 Å². The number of rotatable bonds is 2. The molecule has 2 aliphatic rings. The molecular formula is C10H15ClF4N2O. The van der Waals surface area contributed by atoms with E-state index in [1.54, 1.807) is 0 Å². The Morgan fingerprint density at radius 2 is 2.00 bits per heavy atom. The van der Waals surface area contributed by atoms with Gasteiger partial charge in [0, 0.05) is 19.1 Å². The molecule has 0 radical (unpaired) electrons. The van der Waals surface area contributed by atoms with E-state index in [0.717, 1.165) is 17.9 Å². The number of hydrogen-bond acceptors (Lipinski definition) is 2. The first-order valence-corrected chi connectivity index (χ1v) is 5.61. The van der Waals surface area contributed by atoms with Gasteiger partial charge in [0.05, 0.1) is 0 Å². The Balaban J connectivity index is 0.00000162. The molecule has 1 N–H and O–H groups in total. The van der Waals surface area contributed by atoms with Crippen molar-refractivity contribution in [3.05, 3.63) is 0 Å². The summed E-state index contributed by atoms with van der Waals surface area (Å²) in [5, 5.41) is 3.21. The summed E-state index contributed by atoms with van der Waals surface area (Å²) >= 11 is 0. The molecule has 2 saturated heterocycles. The highest BCUT2D eigenvalue weighted by molar-refractivity contribution is 5.85. The predicted molar refractivity (Wildman–Crippen MR) is 59.3 cm³/mol. The molecule has 0 spiro atoms. The molecule has 2 rings (SSSR count). The lowest BCUT2D eigenvalue weighted by atomic mass is 9.93. The van der Waals surface area contributed by atoms with Crippen molar-refractivity contribution in [2.45, 2.75) is 31.2 Å². The molecule has 106 valence electrons. The topological polar surface area (TPSA) is 32.3 Å². The number of carbonyl (C=O) groups excluding carboxylic acids is 1. The molecule has 2 atom stereocenters. The quantitative estimate of drug-likeness (QED) is 0.782. The van der Waals surface area contributed by atoms with Gasteiger partial charge < -0.3 is 10.2 Å². The van der Waals surface area contributed by atoms with E-state index in [9.17, 15) is 22.4 Å². The molecule has 0 bridgehead atoms. The fourth-order valence-electron chi connectivity index (χ4n) is 2.54. The van der Waals surface area contributed by atoms with Crippen LogP contribution in [0.2, 0.25) is 0 Å². The number of nitrogens with one attached hydrogen (secondary N) is 1. The molecule has 0 aromatic heterocycles. The summed E-state index contributed by atoms with van der Waals surface area (Å²) in [5.74, 6) is -6.18. The molecule has 0 aromatic rings. The number of piperidine rings is 1. The monoisotopic (exact) mass is 290 g/mol. The van der Waals surface area contributed by atoms with Crippen LogP contribution in [0.25, 0.3) is 0 Å². The van der Waals surface area contributed by atoms with Crippen LogP contribution in [-0.2, 0) is 4.79 Å². The maximum absolute atomic E-state index is 12.9. The van der Waals surface area contributed by atoms with Crippen LogP contribution in [0.3, 0.4) is 0 Å². The Bertz CT molecular complexity index is 316. The van der Waals surface area contributed by atoms with Gasteiger partial charge in [-0.2, -0.15) is 8.78 Å². The lowest BCUT2D eigenvalue weighted by molar-refractivity contribution is -0.182. The first kappa shape index (κ1) is 15.5. The van der Waals surface area contributed by atoms with Crippen molar-refractivity contribution in [1.29, 1.82) is 0 Å². The van der Waals surface area contributed by atoms with Crippen LogP contribution in [0.4, 0.5) is 17.6 Å². The largest absolute Gasteiger partial charge is 0.383 e. The smallest absolute Gasteiger partial charge is 0.337 e. The fourth-order valence-corrected chi connectivity index (χ4v) is 2.54. The Morgan fingerprint density at radius 1 is 1.33 bits per heavy atom. The summed E-state index contributed by atoms with van der Waals surface area (Å²) in [6.07, 6.45) is -2.58. The third-order valence-electron chi connectivity index (χ3n) is 3.50. The third kappa shape index (κ3) is 2.71. The number of halogens is 5. The van der Waals surface area contributed by atoms with Crippen LogP contribution in [0.15, 0.2) is 0 Å². The van der Waals surface area contributed by atoms with Crippen molar-refractivity contribution in [3.8, 4) is 0 Å². The van der Waals surface area contributed by atoms with E-state index >= 15 is 0 Å². The number of amides is 1. The van der Waals surface area contributed by atoms with Crippen LogP contribution >= 0.6 is 12.4 Å². The van der Waals surface area contributed by atoms with E-state index in [1.807, 2.05) is 0 Å². The van der Waals surface area contributed by atoms with Crippen molar-refractivity contribution >= 4 is 18.3 Å². The van der Waals surface area contributed by atoms with Gasteiger partial charge in [0.15, 0.2) is 0 Å². The van der Waals surface area contributed by atoms with Gasteiger partial charge in [0.1, 0.15) is 0 Å². The Kier molecular flexibility index (Phi) is 4.83. The zero-order valence-electron chi connectivity index (χ0n) is 9.54. The van der Waals surface area contributed by atoms with Crippen molar-refractivity contribution in [1.82, 2.24) is 10.2 Å². The van der Waals surface area contributed by atoms with Gasteiger partial charge >= 0.3 is 12.3 Å². The van der Waals surface area contributed by atoms with Crippen LogP contribution in [0.1, 0.15) is 12.8 Å². The number of nitrogens with zero attached hydrogens (tertiary/aromatic N) is 1. The van der Waals surface area contributed by atoms with E-state index in [4.69, 9.17) is 0 Å². The summed E-state index contributed by atoms with van der Waals surface area (Å²) in [4.78, 5) is 12.2. The zero-order chi connectivity index (χ0) is 12.6. The molecule has 0 saturated carbocycles. The van der Waals surface area contributed by atoms with Crippen molar-refractivity contribution in [3.63, 3.8) is 0 Å². The van der Waals surface area contributed by atoms with E-state index in [2.05, 4.69) is 5.32 Å². The molecule has 0 aromatic carbocycles. The Hall–Kier alpha value is -0.560. The molecule has 0 aliphatic carbocycles. The van der Waals surface area contributed by atoms with E-state index in [0.29, 0.717) is 6.42 Å². The number of alkyl halides is 4. The summed E-state index contributed by atoms with van der Waals surface area (Å²) in [6, 6.07) is 0.235. The molecular weight excluding hydrogens is 276 g/mol. The normalized spacial score (nSPS) is 27.9. The highest BCUT2D eigenvalue weighted by Crippen LogP contribution is 2.30. The molecule has 2 heterocycles. The lowest BCUT2D eigenvalue weighted by Crippen LogP contribution is -2.53. The maximum Gasteiger partial charge on any atom is 0.383 e. The van der Waals surface area contributed by atoms with Crippen LogP contribution < -0.4 is 5.32 Å². The second-order valence-electron chi connectivity index (χ2n) is 4.57. The maximum atomic E-state index is 12.9. The number of likely N-dealkylation sites (tertiary alicyclic amines) is 1. The SMILES string of the molecule is Cl.O=C(N1CCC2NCCC2C1)C(F)(F)C(F)F. The first-order chi connectivity index (χ1) is 7.93. The van der Waals surface area contributed by atoms with Gasteiger partial charge in [-0.05, 0) is 25.3 Å². The lowest BCUT2D eigenvalue weighted by Gasteiger charge is -2.36. The number of fused-ring (bicyclic) bond motifs is 1. The highest BCUT2D eigenvalue weighted by atomic mass is 35.5. The predicted octanol–water partition coefficient (Wildman–Crippen LogP) is 1.52. The van der Waals surface area contributed by atoms with E-state index in [1.165, 1.54) is 0 Å². The summed E-state index contributed by atoms with van der Waals surface area (Å²) in [6.45, 7) is 1.07. The van der Waals surface area contributed by atoms with Gasteiger partial charge in [-0.25, -0.2) is 8.78 Å². The molecule has 3 nitrogen and oxygen atoms in total. The second-order valence-corrected chi connectivity index (χ2v) is 4.57. The number of hydrogen-bond donors (Lipinski definition) is 1. The Morgan fingerprint density at radius 3 is 2.61 bits per heavy atom. The van der Waals surface area contributed by atoms with Gasteiger partial charge in [-0.15, -0.1) is 12.4 Å². The molecule has 2 unspecified atom stereocenters. The van der Waals surface area contributed by atoms with Crippen LogP contribution in [0.5, 0.6) is 0 Å². The number of carbonyl (C=O) groups is 1. The molecule has 2 fully saturated rings. The summed E-state index contributed by atoms with van der Waals surface area (Å²) in [5.41, 5.74) is 0. The third-order valence-corrected chi connectivity index (χ3v) is 3.50.